The summed E-state index contributed by atoms with van der Waals surface area (Å²) in [6.07, 6.45) is -3.06. The molecule has 11 heteroatoms. The van der Waals surface area contributed by atoms with Gasteiger partial charge in [0.25, 0.3) is 5.91 Å². The normalized spacial score (nSPS) is 17.0. The van der Waals surface area contributed by atoms with Gasteiger partial charge in [0.1, 0.15) is 15.5 Å². The second-order valence-corrected chi connectivity index (χ2v) is 9.78. The maximum Gasteiger partial charge on any atom is 0.432 e. The largest absolute Gasteiger partial charge is 0.432 e. The lowest BCUT2D eigenvalue weighted by Gasteiger charge is -2.27. The van der Waals surface area contributed by atoms with Gasteiger partial charge in [-0.2, -0.15) is 18.3 Å². The average molecular weight is 444 g/mol. The van der Waals surface area contributed by atoms with Gasteiger partial charge < -0.3 is 10.6 Å². The standard InChI is InChI=1S/C19H23F3N4O3S/c20-19(21,22)17-11-16(24-25-17)18(27)26(12-14-3-1-2-4-15(14)23)8-5-13-6-9-30(28,29)10-7-13/h1-4,11,13H,5-10,12,23H2,(H,24,25). The van der Waals surface area contributed by atoms with Crippen LogP contribution in [0.2, 0.25) is 0 Å². The van der Waals surface area contributed by atoms with Crippen LogP contribution in [0.5, 0.6) is 0 Å². The zero-order valence-electron chi connectivity index (χ0n) is 16.2. The van der Waals surface area contributed by atoms with Crippen molar-refractivity contribution in [1.29, 1.82) is 0 Å². The average Bonchev–Trinajstić information content (AvgIpc) is 3.17. The Morgan fingerprint density at radius 1 is 1.23 bits per heavy atom. The number of nitrogen functional groups attached to an aromatic ring is 1. The third kappa shape index (κ3) is 5.53. The highest BCUT2D eigenvalue weighted by Crippen LogP contribution is 2.28. The summed E-state index contributed by atoms with van der Waals surface area (Å²) in [5.41, 5.74) is 5.68. The summed E-state index contributed by atoms with van der Waals surface area (Å²) in [5, 5.41) is 5.39. The Morgan fingerprint density at radius 2 is 1.90 bits per heavy atom. The van der Waals surface area contributed by atoms with Gasteiger partial charge in [-0.25, -0.2) is 8.42 Å². The van der Waals surface area contributed by atoms with Gasteiger partial charge in [-0.05, 0) is 36.8 Å². The van der Waals surface area contributed by atoms with E-state index >= 15 is 0 Å². The smallest absolute Gasteiger partial charge is 0.398 e. The first-order valence-electron chi connectivity index (χ1n) is 9.51. The minimum atomic E-state index is -4.63. The summed E-state index contributed by atoms with van der Waals surface area (Å²) in [6.45, 7) is 0.372. The number of alkyl halides is 3. The number of anilines is 1. The first-order chi connectivity index (χ1) is 14.0. The zero-order chi connectivity index (χ0) is 21.9. The molecule has 30 heavy (non-hydrogen) atoms. The number of halogens is 3. The van der Waals surface area contributed by atoms with Crippen molar-refractivity contribution in [2.24, 2.45) is 5.92 Å². The lowest BCUT2D eigenvalue weighted by molar-refractivity contribution is -0.141. The highest BCUT2D eigenvalue weighted by molar-refractivity contribution is 7.91. The van der Waals surface area contributed by atoms with Crippen LogP contribution in [0.1, 0.15) is 41.0 Å². The van der Waals surface area contributed by atoms with E-state index in [9.17, 15) is 26.4 Å². The molecule has 2 aromatic rings. The van der Waals surface area contributed by atoms with E-state index in [0.717, 1.165) is 0 Å². The van der Waals surface area contributed by atoms with Gasteiger partial charge in [-0.3, -0.25) is 9.89 Å². The summed E-state index contributed by atoms with van der Waals surface area (Å²) in [6, 6.07) is 7.62. The number of carbonyl (C=O) groups excluding carboxylic acids is 1. The van der Waals surface area contributed by atoms with Crippen molar-refractivity contribution in [2.75, 3.05) is 23.8 Å². The van der Waals surface area contributed by atoms with Crippen LogP contribution < -0.4 is 5.73 Å². The molecule has 164 valence electrons. The quantitative estimate of drug-likeness (QED) is 0.666. The Hall–Kier alpha value is -2.56. The van der Waals surface area contributed by atoms with Crippen LogP contribution in [0.4, 0.5) is 18.9 Å². The molecule has 1 aromatic heterocycles. The number of aromatic nitrogens is 2. The molecule has 0 spiro atoms. The molecule has 3 rings (SSSR count). The minimum Gasteiger partial charge on any atom is -0.398 e. The molecule has 2 heterocycles. The Kier molecular flexibility index (Phi) is 6.39. The van der Waals surface area contributed by atoms with Crippen molar-refractivity contribution in [2.45, 2.75) is 32.0 Å². The SMILES string of the molecule is Nc1ccccc1CN(CCC1CCS(=O)(=O)CC1)C(=O)c1cc(C(F)(F)F)[nH]n1. The number of amides is 1. The Bertz CT molecular complexity index is 990. The molecule has 0 atom stereocenters. The molecular weight excluding hydrogens is 421 g/mol. The van der Waals surface area contributed by atoms with Crippen LogP contribution in [0.25, 0.3) is 0 Å². The highest BCUT2D eigenvalue weighted by atomic mass is 32.2. The number of aromatic amines is 1. The molecule has 1 aliphatic heterocycles. The highest BCUT2D eigenvalue weighted by Gasteiger charge is 2.34. The lowest BCUT2D eigenvalue weighted by Crippen LogP contribution is -2.34. The molecule has 0 bridgehead atoms. The number of nitrogens with two attached hydrogens (primary N) is 1. The van der Waals surface area contributed by atoms with Crippen molar-refractivity contribution in [3.05, 3.63) is 47.3 Å². The predicted molar refractivity (Wildman–Crippen MR) is 105 cm³/mol. The number of rotatable bonds is 6. The number of H-pyrrole nitrogens is 1. The van der Waals surface area contributed by atoms with Gasteiger partial charge in [-0.15, -0.1) is 0 Å². The van der Waals surface area contributed by atoms with E-state index in [-0.39, 0.29) is 36.2 Å². The van der Waals surface area contributed by atoms with Gasteiger partial charge in [0.2, 0.25) is 0 Å². The van der Waals surface area contributed by atoms with Gasteiger partial charge >= 0.3 is 6.18 Å². The number of hydrogen-bond acceptors (Lipinski definition) is 5. The Morgan fingerprint density at radius 3 is 2.50 bits per heavy atom. The second-order valence-electron chi connectivity index (χ2n) is 7.47. The van der Waals surface area contributed by atoms with Gasteiger partial charge in [-0.1, -0.05) is 18.2 Å². The van der Waals surface area contributed by atoms with Gasteiger partial charge in [0, 0.05) is 24.8 Å². The van der Waals surface area contributed by atoms with Crippen molar-refractivity contribution in [3.63, 3.8) is 0 Å². The predicted octanol–water partition coefficient (Wildman–Crippen LogP) is 2.87. The number of carbonyl (C=O) groups is 1. The lowest BCUT2D eigenvalue weighted by atomic mass is 9.98. The van der Waals surface area contributed by atoms with Crippen molar-refractivity contribution >= 4 is 21.4 Å². The Balaban J connectivity index is 1.76. The monoisotopic (exact) mass is 444 g/mol. The van der Waals surface area contributed by atoms with Gasteiger partial charge in [0.15, 0.2) is 5.69 Å². The summed E-state index contributed by atoms with van der Waals surface area (Å²) < 4.78 is 61.8. The van der Waals surface area contributed by atoms with E-state index < -0.39 is 27.6 Å². The molecule has 3 N–H and O–H groups in total. The Labute approximate surface area is 172 Å². The topological polar surface area (TPSA) is 109 Å². The fourth-order valence-corrected chi connectivity index (χ4v) is 5.03. The minimum absolute atomic E-state index is 0.116. The van der Waals surface area contributed by atoms with Crippen LogP contribution in [-0.2, 0) is 22.6 Å². The van der Waals surface area contributed by atoms with Crippen LogP contribution >= 0.6 is 0 Å². The third-order valence-corrected chi connectivity index (χ3v) is 7.00. The molecule has 0 unspecified atom stereocenters. The molecular formula is C19H23F3N4O3S. The van der Waals surface area contributed by atoms with Crippen molar-refractivity contribution < 1.29 is 26.4 Å². The molecule has 0 aliphatic carbocycles. The fraction of sp³-hybridized carbons (Fsp3) is 0.474. The van der Waals surface area contributed by atoms with Crippen molar-refractivity contribution in [1.82, 2.24) is 15.1 Å². The summed E-state index contributed by atoms with van der Waals surface area (Å²) >= 11 is 0. The van der Waals surface area contributed by atoms with Crippen LogP contribution in [0, 0.1) is 5.92 Å². The first kappa shape index (κ1) is 22.1. The second kappa shape index (κ2) is 8.66. The molecule has 7 nitrogen and oxygen atoms in total. The summed E-state index contributed by atoms with van der Waals surface area (Å²) in [4.78, 5) is 14.3. The number of para-hydroxylation sites is 1. The van der Waals surface area contributed by atoms with Gasteiger partial charge in [0.05, 0.1) is 11.5 Å². The van der Waals surface area contributed by atoms with Crippen LogP contribution in [0.3, 0.4) is 0 Å². The number of nitrogens with one attached hydrogen (secondary N) is 1. The molecule has 0 saturated carbocycles. The fourth-order valence-electron chi connectivity index (χ4n) is 3.44. The van der Waals surface area contributed by atoms with E-state index in [2.05, 4.69) is 5.10 Å². The van der Waals surface area contributed by atoms with Crippen LogP contribution in [-0.4, -0.2) is 47.5 Å². The first-order valence-corrected chi connectivity index (χ1v) is 11.3. The number of sulfone groups is 1. The maximum atomic E-state index is 12.9. The van der Waals surface area contributed by atoms with E-state index in [1.54, 1.807) is 24.3 Å². The molecule has 1 amide bonds. The van der Waals surface area contributed by atoms with E-state index in [1.807, 2.05) is 5.10 Å². The maximum absolute atomic E-state index is 12.9. The molecule has 1 fully saturated rings. The van der Waals surface area contributed by atoms with E-state index in [1.165, 1.54) is 4.90 Å². The number of hydrogen-bond donors (Lipinski definition) is 2. The third-order valence-electron chi connectivity index (χ3n) is 5.29. The number of nitrogens with zero attached hydrogens (tertiary/aromatic N) is 2. The summed E-state index contributed by atoms with van der Waals surface area (Å²) in [7, 11) is -3.00. The van der Waals surface area contributed by atoms with Crippen molar-refractivity contribution in [3.8, 4) is 0 Å². The van der Waals surface area contributed by atoms with Crippen LogP contribution in [0.15, 0.2) is 30.3 Å². The molecule has 1 aromatic carbocycles. The summed E-state index contributed by atoms with van der Waals surface area (Å²) in [5.74, 6) is -0.285. The molecule has 1 saturated heterocycles. The molecule has 0 radical (unpaired) electrons. The molecule has 1 aliphatic rings. The van der Waals surface area contributed by atoms with E-state index in [4.69, 9.17) is 5.73 Å². The van der Waals surface area contributed by atoms with E-state index in [0.29, 0.717) is 36.6 Å². The number of benzene rings is 1. The zero-order valence-corrected chi connectivity index (χ0v) is 17.0.